The molecule has 0 radical (unpaired) electrons. The Morgan fingerprint density at radius 3 is 1.92 bits per heavy atom. The van der Waals surface area contributed by atoms with Gasteiger partial charge in [0, 0.05) is 27.6 Å². The van der Waals surface area contributed by atoms with Crippen LogP contribution in [0.4, 0.5) is 17.2 Å². The van der Waals surface area contributed by atoms with Gasteiger partial charge in [0.05, 0.1) is 5.56 Å². The number of nitrogens with zero attached hydrogens (tertiary/aromatic N) is 1. The summed E-state index contributed by atoms with van der Waals surface area (Å²) in [4.78, 5) is 16.4. The third-order valence-electron chi connectivity index (χ3n) is 3.24. The van der Waals surface area contributed by atoms with Crippen molar-refractivity contribution >= 4 is 46.3 Å². The number of anilines is 3. The highest BCUT2D eigenvalue weighted by atomic mass is 35.5. The summed E-state index contributed by atoms with van der Waals surface area (Å²) >= 11 is 11.7. The largest absolute Gasteiger partial charge is 0.340 e. The fourth-order valence-corrected chi connectivity index (χ4v) is 2.27. The second kappa shape index (κ2) is 7.34. The van der Waals surface area contributed by atoms with E-state index in [1.165, 1.54) is 6.20 Å². The molecule has 0 aliphatic rings. The van der Waals surface area contributed by atoms with Crippen LogP contribution in [-0.4, -0.2) is 10.9 Å². The Labute approximate surface area is 149 Å². The van der Waals surface area contributed by atoms with E-state index in [1.807, 2.05) is 12.1 Å². The normalized spacial score (nSPS) is 10.2. The van der Waals surface area contributed by atoms with Gasteiger partial charge in [0.15, 0.2) is 0 Å². The minimum absolute atomic E-state index is 0.233. The smallest absolute Gasteiger partial charge is 0.257 e. The molecular weight excluding hydrogens is 345 g/mol. The zero-order chi connectivity index (χ0) is 16.9. The predicted molar refractivity (Wildman–Crippen MR) is 98.4 cm³/mol. The summed E-state index contributed by atoms with van der Waals surface area (Å²) in [6.07, 6.45) is 1.52. The molecule has 4 nitrogen and oxygen atoms in total. The van der Waals surface area contributed by atoms with Crippen molar-refractivity contribution in [2.45, 2.75) is 0 Å². The maximum atomic E-state index is 12.2. The molecule has 1 amide bonds. The molecular formula is C18H13Cl2N3O. The van der Waals surface area contributed by atoms with Crippen molar-refractivity contribution in [3.05, 3.63) is 82.5 Å². The Morgan fingerprint density at radius 2 is 1.38 bits per heavy atom. The molecule has 6 heteroatoms. The van der Waals surface area contributed by atoms with Gasteiger partial charge >= 0.3 is 0 Å². The fourth-order valence-electron chi connectivity index (χ4n) is 2.02. The highest BCUT2D eigenvalue weighted by molar-refractivity contribution is 6.30. The lowest BCUT2D eigenvalue weighted by atomic mass is 10.2. The lowest BCUT2D eigenvalue weighted by molar-refractivity contribution is 0.102. The Bertz CT molecular complexity index is 832. The number of hydrogen-bond donors (Lipinski definition) is 2. The zero-order valence-electron chi connectivity index (χ0n) is 12.5. The lowest BCUT2D eigenvalue weighted by Gasteiger charge is -2.08. The van der Waals surface area contributed by atoms with Crippen LogP contribution in [0.25, 0.3) is 0 Å². The number of carbonyl (C=O) groups is 1. The first-order valence-corrected chi connectivity index (χ1v) is 7.91. The van der Waals surface area contributed by atoms with E-state index in [0.29, 0.717) is 27.1 Å². The monoisotopic (exact) mass is 357 g/mol. The second-order valence-corrected chi connectivity index (χ2v) is 5.90. The van der Waals surface area contributed by atoms with Crippen LogP contribution in [0, 0.1) is 0 Å². The van der Waals surface area contributed by atoms with E-state index in [1.54, 1.807) is 48.5 Å². The van der Waals surface area contributed by atoms with Crippen LogP contribution >= 0.6 is 23.2 Å². The molecule has 1 heterocycles. The molecule has 0 saturated heterocycles. The van der Waals surface area contributed by atoms with Gasteiger partial charge < -0.3 is 10.6 Å². The zero-order valence-corrected chi connectivity index (χ0v) is 14.0. The number of aromatic nitrogens is 1. The molecule has 3 aromatic rings. The van der Waals surface area contributed by atoms with Gasteiger partial charge in [-0.2, -0.15) is 0 Å². The molecule has 120 valence electrons. The molecule has 0 fully saturated rings. The summed E-state index contributed by atoms with van der Waals surface area (Å²) in [7, 11) is 0. The van der Waals surface area contributed by atoms with Gasteiger partial charge in [-0.1, -0.05) is 23.2 Å². The maximum Gasteiger partial charge on any atom is 0.257 e. The van der Waals surface area contributed by atoms with Gasteiger partial charge in [-0.3, -0.25) is 4.79 Å². The van der Waals surface area contributed by atoms with Crippen molar-refractivity contribution in [3.63, 3.8) is 0 Å². The third kappa shape index (κ3) is 4.25. The summed E-state index contributed by atoms with van der Waals surface area (Å²) in [6.45, 7) is 0. The number of hydrogen-bond acceptors (Lipinski definition) is 3. The number of halogens is 2. The molecule has 1 aromatic heterocycles. The number of pyridine rings is 1. The molecule has 3 rings (SSSR count). The SMILES string of the molecule is O=C(Nc1ccc(Cl)cc1)c1ccc(Nc2ccc(Cl)cc2)nc1. The van der Waals surface area contributed by atoms with E-state index in [2.05, 4.69) is 15.6 Å². The molecule has 2 aromatic carbocycles. The molecule has 0 bridgehead atoms. The summed E-state index contributed by atoms with van der Waals surface area (Å²) in [6, 6.07) is 17.6. The van der Waals surface area contributed by atoms with Crippen LogP contribution < -0.4 is 10.6 Å². The van der Waals surface area contributed by atoms with Gasteiger partial charge in [-0.25, -0.2) is 4.98 Å². The second-order valence-electron chi connectivity index (χ2n) is 5.03. The summed E-state index contributed by atoms with van der Waals surface area (Å²) in [5.41, 5.74) is 2.00. The van der Waals surface area contributed by atoms with E-state index < -0.39 is 0 Å². The molecule has 0 aliphatic heterocycles. The molecule has 0 saturated carbocycles. The van der Waals surface area contributed by atoms with E-state index in [-0.39, 0.29) is 5.91 Å². The fraction of sp³-hybridized carbons (Fsp3) is 0. The molecule has 24 heavy (non-hydrogen) atoms. The van der Waals surface area contributed by atoms with E-state index in [9.17, 15) is 4.79 Å². The Balaban J connectivity index is 1.66. The molecule has 0 spiro atoms. The van der Waals surface area contributed by atoms with E-state index in [0.717, 1.165) is 5.69 Å². The number of carbonyl (C=O) groups excluding carboxylic acids is 1. The van der Waals surface area contributed by atoms with Gasteiger partial charge in [-0.15, -0.1) is 0 Å². The van der Waals surface area contributed by atoms with E-state index >= 15 is 0 Å². The van der Waals surface area contributed by atoms with Crippen LogP contribution in [0.5, 0.6) is 0 Å². The summed E-state index contributed by atoms with van der Waals surface area (Å²) < 4.78 is 0. The molecule has 0 atom stereocenters. The van der Waals surface area contributed by atoms with Crippen molar-refractivity contribution in [2.75, 3.05) is 10.6 Å². The standard InChI is InChI=1S/C18H13Cl2N3O/c19-13-2-6-15(7-3-13)22-17-10-1-12(11-21-17)18(24)23-16-8-4-14(20)5-9-16/h1-11H,(H,21,22)(H,23,24). The van der Waals surface area contributed by atoms with Crippen molar-refractivity contribution in [1.82, 2.24) is 4.98 Å². The predicted octanol–water partition coefficient (Wildman–Crippen LogP) is 5.38. The van der Waals surface area contributed by atoms with E-state index in [4.69, 9.17) is 23.2 Å². The Morgan fingerprint density at radius 1 is 0.792 bits per heavy atom. The molecule has 0 unspecified atom stereocenters. The van der Waals surface area contributed by atoms with Crippen molar-refractivity contribution in [1.29, 1.82) is 0 Å². The van der Waals surface area contributed by atoms with Crippen LogP contribution in [0.3, 0.4) is 0 Å². The number of rotatable bonds is 4. The Kier molecular flexibility index (Phi) is 4.99. The van der Waals surface area contributed by atoms with Crippen molar-refractivity contribution in [2.24, 2.45) is 0 Å². The van der Waals surface area contributed by atoms with Gasteiger partial charge in [0.1, 0.15) is 5.82 Å². The summed E-state index contributed by atoms with van der Waals surface area (Å²) in [5.74, 6) is 0.406. The first kappa shape index (κ1) is 16.3. The molecule has 2 N–H and O–H groups in total. The Hall–Kier alpha value is -2.56. The first-order chi connectivity index (χ1) is 11.6. The average molecular weight is 358 g/mol. The number of amides is 1. The van der Waals surface area contributed by atoms with Crippen molar-refractivity contribution < 1.29 is 4.79 Å². The van der Waals surface area contributed by atoms with Gasteiger partial charge in [-0.05, 0) is 60.7 Å². The van der Waals surface area contributed by atoms with Crippen LogP contribution in [0.1, 0.15) is 10.4 Å². The lowest BCUT2D eigenvalue weighted by Crippen LogP contribution is -2.12. The molecule has 0 aliphatic carbocycles. The van der Waals surface area contributed by atoms with Gasteiger partial charge in [0.25, 0.3) is 5.91 Å². The average Bonchev–Trinajstić information content (AvgIpc) is 2.59. The quantitative estimate of drug-likeness (QED) is 0.658. The highest BCUT2D eigenvalue weighted by Crippen LogP contribution is 2.18. The van der Waals surface area contributed by atoms with Crippen molar-refractivity contribution in [3.8, 4) is 0 Å². The minimum Gasteiger partial charge on any atom is -0.340 e. The minimum atomic E-state index is -0.233. The topological polar surface area (TPSA) is 54.0 Å². The third-order valence-corrected chi connectivity index (χ3v) is 3.75. The van der Waals surface area contributed by atoms with Crippen LogP contribution in [0.2, 0.25) is 10.0 Å². The highest BCUT2D eigenvalue weighted by Gasteiger charge is 2.07. The number of benzene rings is 2. The number of nitrogens with one attached hydrogen (secondary N) is 2. The summed E-state index contributed by atoms with van der Waals surface area (Å²) in [5, 5.41) is 7.21. The van der Waals surface area contributed by atoms with Gasteiger partial charge in [0.2, 0.25) is 0 Å². The van der Waals surface area contributed by atoms with Crippen LogP contribution in [-0.2, 0) is 0 Å². The maximum absolute atomic E-state index is 12.2. The van der Waals surface area contributed by atoms with Crippen LogP contribution in [0.15, 0.2) is 66.9 Å². The first-order valence-electron chi connectivity index (χ1n) is 7.16.